The van der Waals surface area contributed by atoms with Gasteiger partial charge in [-0.25, -0.2) is 0 Å². The number of carbonyl (C=O) groups is 1. The second kappa shape index (κ2) is 3.93. The summed E-state index contributed by atoms with van der Waals surface area (Å²) in [7, 11) is 1.54. The average molecular weight is 209 g/mol. The maximum Gasteiger partial charge on any atom is 0.296 e. The van der Waals surface area contributed by atoms with Gasteiger partial charge in [-0.15, -0.1) is 0 Å². The van der Waals surface area contributed by atoms with Crippen LogP contribution in [0.25, 0.3) is 0 Å². The van der Waals surface area contributed by atoms with Gasteiger partial charge in [-0.05, 0) is 3.93 Å². The first-order valence-electron chi connectivity index (χ1n) is 1.64. The molecule has 1 amide bonds. The Morgan fingerprint density at radius 3 is 2.57 bits per heavy atom. The normalized spacial score (nSPS) is 6.00. The molecule has 2 nitrogen and oxygen atoms in total. The number of hydrogen-bond acceptors (Lipinski definition) is 1. The predicted octanol–water partition coefficient (Wildman–Crippen LogP) is 0.128. The van der Waals surface area contributed by atoms with Crippen molar-refractivity contribution < 1.29 is 4.79 Å². The minimum atomic E-state index is -0.241. The van der Waals surface area contributed by atoms with Crippen LogP contribution in [-0.2, 0) is 4.79 Å². The fourth-order valence-electron chi connectivity index (χ4n) is 0.105. The Morgan fingerprint density at radius 2 is 2.43 bits per heavy atom. The summed E-state index contributed by atoms with van der Waals surface area (Å²) in [5, 5.41) is 2.35. The van der Waals surface area contributed by atoms with Gasteiger partial charge in [-0.3, -0.25) is 4.79 Å². The maximum absolute atomic E-state index is 10.1. The van der Waals surface area contributed by atoms with E-state index in [1.54, 1.807) is 29.6 Å². The lowest BCUT2D eigenvalue weighted by Crippen LogP contribution is -2.14. The Kier molecular flexibility index (Phi) is 3.80. The molecule has 0 aliphatic heterocycles. The van der Waals surface area contributed by atoms with Crippen LogP contribution in [0.2, 0.25) is 0 Å². The van der Waals surface area contributed by atoms with Gasteiger partial charge in [0.05, 0.1) is 0 Å². The van der Waals surface area contributed by atoms with Gasteiger partial charge in [0, 0.05) is 35.6 Å². The quantitative estimate of drug-likeness (QED) is 0.445. The van der Waals surface area contributed by atoms with Crippen molar-refractivity contribution in [1.82, 2.24) is 5.32 Å². The third kappa shape index (κ3) is 3.59. The van der Waals surface area contributed by atoms with E-state index in [2.05, 4.69) is 15.2 Å². The number of halogens is 1. The molecular formula is C4H4INO. The molecule has 0 saturated carbocycles. The van der Waals surface area contributed by atoms with E-state index in [1.165, 1.54) is 0 Å². The molecule has 0 aliphatic carbocycles. The lowest BCUT2D eigenvalue weighted by Gasteiger charge is -1.80. The summed E-state index contributed by atoms with van der Waals surface area (Å²) in [6.07, 6.45) is 0. The second-order valence-corrected chi connectivity index (χ2v) is 1.34. The second-order valence-electron chi connectivity index (χ2n) is 0.799. The summed E-state index contributed by atoms with van der Waals surface area (Å²) in [4.78, 5) is 10.1. The molecule has 0 aliphatic rings. The zero-order chi connectivity index (χ0) is 5.70. The Morgan fingerprint density at radius 1 is 1.86 bits per heavy atom. The molecule has 0 heterocycles. The highest BCUT2D eigenvalue weighted by molar-refractivity contribution is 14.1. The smallest absolute Gasteiger partial charge is 0.296 e. The monoisotopic (exact) mass is 209 g/mol. The first kappa shape index (κ1) is 6.76. The molecule has 0 spiro atoms. The van der Waals surface area contributed by atoms with Crippen molar-refractivity contribution in [3.05, 3.63) is 0 Å². The van der Waals surface area contributed by atoms with E-state index in [4.69, 9.17) is 0 Å². The molecule has 0 atom stereocenters. The van der Waals surface area contributed by atoms with Crippen LogP contribution in [0.1, 0.15) is 0 Å². The Hall–Kier alpha value is -0.240. The third-order valence-electron chi connectivity index (χ3n) is 0.388. The van der Waals surface area contributed by atoms with Gasteiger partial charge >= 0.3 is 0 Å². The molecule has 7 heavy (non-hydrogen) atoms. The van der Waals surface area contributed by atoms with Gasteiger partial charge in [0.1, 0.15) is 0 Å². The number of rotatable bonds is 0. The first-order valence-corrected chi connectivity index (χ1v) is 2.72. The molecule has 0 saturated heterocycles. The van der Waals surface area contributed by atoms with E-state index >= 15 is 0 Å². The Labute approximate surface area is 55.8 Å². The number of hydrogen-bond donors (Lipinski definition) is 1. The van der Waals surface area contributed by atoms with Crippen LogP contribution in [0.4, 0.5) is 0 Å². The van der Waals surface area contributed by atoms with Crippen LogP contribution in [0, 0.1) is 9.85 Å². The molecule has 0 aromatic carbocycles. The minimum Gasteiger partial charge on any atom is -0.348 e. The molecule has 0 bridgehead atoms. The van der Waals surface area contributed by atoms with Crippen LogP contribution < -0.4 is 5.32 Å². The fourth-order valence-corrected chi connectivity index (χ4v) is 0.350. The van der Waals surface area contributed by atoms with Gasteiger partial charge in [-0.1, -0.05) is 0 Å². The van der Waals surface area contributed by atoms with Crippen LogP contribution in [0.5, 0.6) is 0 Å². The zero-order valence-corrected chi connectivity index (χ0v) is 5.94. The van der Waals surface area contributed by atoms with E-state index in [1.807, 2.05) is 0 Å². The Balaban J connectivity index is 3.52. The fraction of sp³-hybridized carbons (Fsp3) is 0.250. The standard InChI is InChI=1S/C4H4INO/c1-6-4(7)2-3-5/h1H3,(H,6,7). The topological polar surface area (TPSA) is 29.1 Å². The van der Waals surface area contributed by atoms with Gasteiger partial charge < -0.3 is 5.32 Å². The lowest BCUT2D eigenvalue weighted by atomic mass is 10.6. The molecule has 0 aromatic rings. The SMILES string of the molecule is CNC(=O)C#CI. The molecule has 0 fully saturated rings. The zero-order valence-electron chi connectivity index (χ0n) is 3.79. The summed E-state index contributed by atoms with van der Waals surface area (Å²) >= 11 is 1.80. The number of nitrogens with one attached hydrogen (secondary N) is 1. The number of amides is 1. The van der Waals surface area contributed by atoms with E-state index in [9.17, 15) is 4.79 Å². The molecule has 0 aromatic heterocycles. The maximum atomic E-state index is 10.1. The highest BCUT2D eigenvalue weighted by atomic mass is 127. The van der Waals surface area contributed by atoms with Gasteiger partial charge in [-0.2, -0.15) is 0 Å². The summed E-state index contributed by atoms with van der Waals surface area (Å²) < 4.78 is 2.43. The van der Waals surface area contributed by atoms with Crippen molar-refractivity contribution >= 4 is 28.5 Å². The molecule has 38 valence electrons. The number of carbonyl (C=O) groups excluding carboxylic acids is 1. The van der Waals surface area contributed by atoms with E-state index < -0.39 is 0 Å². The molecular weight excluding hydrogens is 205 g/mol. The summed E-state index contributed by atoms with van der Waals surface area (Å²) in [6.45, 7) is 0. The molecule has 0 radical (unpaired) electrons. The Bertz CT molecular complexity index is 121. The largest absolute Gasteiger partial charge is 0.348 e. The van der Waals surface area contributed by atoms with Crippen LogP contribution in [-0.4, -0.2) is 13.0 Å². The van der Waals surface area contributed by atoms with Crippen LogP contribution in [0.15, 0.2) is 0 Å². The van der Waals surface area contributed by atoms with E-state index in [-0.39, 0.29) is 5.91 Å². The first-order chi connectivity index (χ1) is 3.31. The van der Waals surface area contributed by atoms with Crippen LogP contribution >= 0.6 is 22.6 Å². The third-order valence-corrected chi connectivity index (χ3v) is 0.658. The molecule has 1 N–H and O–H groups in total. The van der Waals surface area contributed by atoms with Crippen molar-refractivity contribution in [1.29, 1.82) is 0 Å². The van der Waals surface area contributed by atoms with E-state index in [0.29, 0.717) is 0 Å². The van der Waals surface area contributed by atoms with Crippen molar-refractivity contribution in [3.8, 4) is 9.85 Å². The van der Waals surface area contributed by atoms with E-state index in [0.717, 1.165) is 0 Å². The summed E-state index contributed by atoms with van der Waals surface area (Å²) in [6, 6.07) is 0. The molecule has 0 rings (SSSR count). The summed E-state index contributed by atoms with van der Waals surface area (Å²) in [5.74, 6) is 2.04. The van der Waals surface area contributed by atoms with Gasteiger partial charge in [0.25, 0.3) is 5.91 Å². The van der Waals surface area contributed by atoms with Gasteiger partial charge in [0.15, 0.2) is 0 Å². The van der Waals surface area contributed by atoms with Crippen LogP contribution in [0.3, 0.4) is 0 Å². The van der Waals surface area contributed by atoms with Crippen molar-refractivity contribution in [2.75, 3.05) is 7.05 Å². The van der Waals surface area contributed by atoms with Crippen molar-refractivity contribution in [2.24, 2.45) is 0 Å². The molecule has 0 unspecified atom stereocenters. The highest BCUT2D eigenvalue weighted by Gasteiger charge is 1.81. The average Bonchev–Trinajstić information content (AvgIpc) is 1.68. The highest BCUT2D eigenvalue weighted by Crippen LogP contribution is 1.68. The van der Waals surface area contributed by atoms with Gasteiger partial charge in [0.2, 0.25) is 0 Å². The predicted molar refractivity (Wildman–Crippen MR) is 35.9 cm³/mol. The van der Waals surface area contributed by atoms with Crippen molar-refractivity contribution in [3.63, 3.8) is 0 Å². The molecule has 3 heteroatoms. The van der Waals surface area contributed by atoms with Crippen molar-refractivity contribution in [2.45, 2.75) is 0 Å². The summed E-state index contributed by atoms with van der Waals surface area (Å²) in [5.41, 5.74) is 0. The minimum absolute atomic E-state index is 0.241. The lowest BCUT2D eigenvalue weighted by molar-refractivity contribution is -0.115.